The Hall–Kier alpha value is 2.10. The first-order chi connectivity index (χ1) is 2.56. The molecule has 2 N–H and O–H groups in total. The van der Waals surface area contributed by atoms with Crippen molar-refractivity contribution in [3.05, 3.63) is 0 Å². The van der Waals surface area contributed by atoms with Crippen LogP contribution in [0.25, 0.3) is 0 Å². The molecule has 0 atom stereocenters. The second-order valence-electron chi connectivity index (χ2n) is 0.572. The molecule has 0 bridgehead atoms. The maximum Gasteiger partial charge on any atom is 1.00 e. The van der Waals surface area contributed by atoms with Gasteiger partial charge in [-0.1, -0.05) is 0 Å². The van der Waals surface area contributed by atoms with Gasteiger partial charge in [-0.05, 0) is 12.9 Å². The summed E-state index contributed by atoms with van der Waals surface area (Å²) >= 11 is 2.84. The van der Waals surface area contributed by atoms with Gasteiger partial charge in [-0.25, -0.2) is 8.54 Å². The first kappa shape index (κ1) is 11.8. The van der Waals surface area contributed by atoms with E-state index in [1.54, 1.807) is 0 Å². The van der Waals surface area contributed by atoms with Crippen molar-refractivity contribution < 1.29 is 71.1 Å². The molecule has 0 fully saturated rings. The number of phosphoric acid groups is 1. The fraction of sp³-hybridized carbons (Fsp3) is 0. The number of thiol groups is 1. The summed E-state index contributed by atoms with van der Waals surface area (Å²) in [5.74, 6) is 0. The Labute approximate surface area is 90.4 Å². The van der Waals surface area contributed by atoms with Crippen molar-refractivity contribution in [1.82, 2.24) is 0 Å². The molecule has 0 rings (SSSR count). The minimum Gasteiger partial charge on any atom is -1.00 e. The molecule has 4 nitrogen and oxygen atoms in total. The largest absolute Gasteiger partial charge is 1.00 e. The van der Waals surface area contributed by atoms with Crippen LogP contribution in [0.3, 0.4) is 0 Å². The smallest absolute Gasteiger partial charge is 1.00 e. The number of hydrogen-bond acceptors (Lipinski definition) is 3. The predicted octanol–water partition coefficient (Wildman–Crippen LogP) is -2.94. The molecule has 7 heavy (non-hydrogen) atoms. The van der Waals surface area contributed by atoms with E-state index in [1.807, 2.05) is 0 Å². The van der Waals surface area contributed by atoms with Gasteiger partial charge in [-0.2, -0.15) is 0 Å². The van der Waals surface area contributed by atoms with Gasteiger partial charge < -0.3 is 11.2 Å². The summed E-state index contributed by atoms with van der Waals surface area (Å²) in [6, 6.07) is 0. The summed E-state index contributed by atoms with van der Waals surface area (Å²) in [6.45, 7) is 0. The number of hydrogen-bond donors (Lipinski definition) is 3. The first-order valence-corrected chi connectivity index (χ1v) is 2.84. The molecule has 0 aromatic carbocycles. The van der Waals surface area contributed by atoms with E-state index in [2.05, 4.69) is 16.9 Å². The molecule has 0 saturated carbocycles. The van der Waals surface area contributed by atoms with E-state index in [9.17, 15) is 4.57 Å². The molecule has 0 aliphatic carbocycles. The fourth-order valence-corrected chi connectivity index (χ4v) is 0. The summed E-state index contributed by atoms with van der Waals surface area (Å²) < 4.78 is 12.7. The van der Waals surface area contributed by atoms with E-state index < -0.39 is 7.82 Å². The van der Waals surface area contributed by atoms with E-state index >= 15 is 0 Å². The van der Waals surface area contributed by atoms with Crippen LogP contribution in [0, 0.1) is 0 Å². The average Bonchev–Trinajstić information content (AvgIpc) is 1.35. The molecule has 0 aliphatic heterocycles. The molecule has 0 saturated heterocycles. The van der Waals surface area contributed by atoms with Gasteiger partial charge in [-0.3, -0.25) is 0 Å². The minimum absolute atomic E-state index is 0. The molecule has 0 amide bonds. The van der Waals surface area contributed by atoms with Crippen LogP contribution >= 0.6 is 20.7 Å². The Morgan fingerprint density at radius 1 is 1.71 bits per heavy atom. The Balaban J connectivity index is -0.000000125. The van der Waals surface area contributed by atoms with Crippen LogP contribution in [0.5, 0.6) is 0 Å². The van der Waals surface area contributed by atoms with Gasteiger partial charge in [-0.15, -0.1) is 0 Å². The third-order valence-corrected chi connectivity index (χ3v) is 0.957. The zero-order valence-corrected chi connectivity index (χ0v) is 8.52. The van der Waals surface area contributed by atoms with E-state index in [4.69, 9.17) is 9.79 Å². The van der Waals surface area contributed by atoms with Gasteiger partial charge in [0.15, 0.2) is 0 Å². The van der Waals surface area contributed by atoms with Crippen molar-refractivity contribution in [3.8, 4) is 0 Å². The van der Waals surface area contributed by atoms with Crippen molar-refractivity contribution in [3.63, 3.8) is 0 Å². The maximum atomic E-state index is 9.40. The molecule has 0 radical (unpaired) electrons. The topological polar surface area (TPSA) is 66.8 Å². The quantitative estimate of drug-likeness (QED) is 0.170. The van der Waals surface area contributed by atoms with Gasteiger partial charge in [0.2, 0.25) is 0 Å². The molecular formula is H4KO4PS. The Bertz CT molecular complexity index is 80.1. The maximum absolute atomic E-state index is 9.40. The molecule has 0 heterocycles. The summed E-state index contributed by atoms with van der Waals surface area (Å²) in [4.78, 5) is 15.3. The second-order valence-corrected chi connectivity index (χ2v) is 2.21. The Kier molecular flexibility index (Phi) is 8.33. The SMILES string of the molecule is O=P(O)(O)OS.[H-].[K+]. The van der Waals surface area contributed by atoms with Crippen LogP contribution in [0.1, 0.15) is 1.43 Å². The first-order valence-electron chi connectivity index (χ1n) is 0.948. The fourth-order valence-electron chi connectivity index (χ4n) is 0. The van der Waals surface area contributed by atoms with E-state index in [1.165, 1.54) is 0 Å². The standard InChI is InChI=1S/K.H3O4PS.H/c;1-5(2,3)4-6;/h;6H,(H2,1,2,3);/q+1;;-1. The molecule has 0 spiro atoms. The van der Waals surface area contributed by atoms with Crippen LogP contribution in [0.15, 0.2) is 0 Å². The van der Waals surface area contributed by atoms with Crippen LogP contribution in [-0.4, -0.2) is 9.79 Å². The summed E-state index contributed by atoms with van der Waals surface area (Å²) in [5, 5.41) is 0. The summed E-state index contributed by atoms with van der Waals surface area (Å²) in [5.41, 5.74) is 0. The molecule has 40 valence electrons. The third kappa shape index (κ3) is 11.6. The zero-order valence-electron chi connectivity index (χ0n) is 4.61. The van der Waals surface area contributed by atoms with E-state index in [0.29, 0.717) is 0 Å². The van der Waals surface area contributed by atoms with Crippen LogP contribution in [-0.2, 0) is 8.54 Å². The van der Waals surface area contributed by atoms with Gasteiger partial charge in [0.05, 0.1) is 0 Å². The Morgan fingerprint density at radius 2 is 1.86 bits per heavy atom. The Morgan fingerprint density at radius 3 is 1.86 bits per heavy atom. The zero-order chi connectivity index (χ0) is 5.21. The molecule has 0 aromatic heterocycles. The van der Waals surface area contributed by atoms with Crippen molar-refractivity contribution in [1.29, 1.82) is 0 Å². The average molecular weight is 170 g/mol. The summed E-state index contributed by atoms with van der Waals surface area (Å²) in [7, 11) is -4.28. The number of rotatable bonds is 1. The van der Waals surface area contributed by atoms with E-state index in [0.717, 1.165) is 0 Å². The van der Waals surface area contributed by atoms with Crippen molar-refractivity contribution in [2.75, 3.05) is 0 Å². The van der Waals surface area contributed by atoms with Crippen LogP contribution < -0.4 is 51.4 Å². The van der Waals surface area contributed by atoms with Gasteiger partial charge in [0.25, 0.3) is 0 Å². The molecule has 0 unspecified atom stereocenters. The van der Waals surface area contributed by atoms with Crippen LogP contribution in [0.4, 0.5) is 0 Å². The predicted molar refractivity (Wildman–Crippen MR) is 23.2 cm³/mol. The molecule has 0 aliphatic rings. The van der Waals surface area contributed by atoms with Gasteiger partial charge in [0.1, 0.15) is 0 Å². The normalized spacial score (nSPS) is 10.1. The van der Waals surface area contributed by atoms with Crippen molar-refractivity contribution >= 4 is 20.7 Å². The van der Waals surface area contributed by atoms with Gasteiger partial charge in [0, 0.05) is 0 Å². The second kappa shape index (κ2) is 4.93. The molecular weight excluding hydrogens is 166 g/mol. The van der Waals surface area contributed by atoms with Crippen molar-refractivity contribution in [2.45, 2.75) is 0 Å². The van der Waals surface area contributed by atoms with Gasteiger partial charge >= 0.3 is 59.2 Å². The molecule has 0 aromatic rings. The monoisotopic (exact) mass is 170 g/mol. The minimum atomic E-state index is -4.28. The molecule has 7 heteroatoms. The summed E-state index contributed by atoms with van der Waals surface area (Å²) in [6.07, 6.45) is 0. The van der Waals surface area contributed by atoms with Crippen LogP contribution in [0.2, 0.25) is 0 Å². The third-order valence-electron chi connectivity index (χ3n) is 0.106. The van der Waals surface area contributed by atoms with Crippen molar-refractivity contribution in [2.24, 2.45) is 0 Å². The van der Waals surface area contributed by atoms with E-state index in [-0.39, 0.29) is 52.8 Å².